The summed E-state index contributed by atoms with van der Waals surface area (Å²) >= 11 is 0. The molecule has 5 heteroatoms. The smallest absolute Gasteiger partial charge is 0.219 e. The van der Waals surface area contributed by atoms with Crippen molar-refractivity contribution in [2.24, 2.45) is 10.9 Å². The average Bonchev–Trinajstić information content (AvgIpc) is 3.69. The summed E-state index contributed by atoms with van der Waals surface area (Å²) in [5.41, 5.74) is 3.58. The second-order valence-electron chi connectivity index (χ2n) is 9.57. The zero-order valence-electron chi connectivity index (χ0n) is 20.4. The van der Waals surface area contributed by atoms with Crippen molar-refractivity contribution in [3.05, 3.63) is 126 Å². The zero-order valence-corrected chi connectivity index (χ0v) is 21.3. The Hall–Kier alpha value is -3.04. The van der Waals surface area contributed by atoms with E-state index < -0.39 is 8.45 Å². The van der Waals surface area contributed by atoms with Crippen LogP contribution >= 0.6 is 8.45 Å². The Kier molecular flexibility index (Phi) is 7.09. The second-order valence-corrected chi connectivity index (χ2v) is 11.3. The Morgan fingerprint density at radius 1 is 0.833 bits per heavy atom. The molecule has 182 valence electrons. The minimum atomic E-state index is -0.967. The number of nitrogens with zero attached hydrogens (tertiary/aromatic N) is 3. The predicted molar refractivity (Wildman–Crippen MR) is 150 cm³/mol. The summed E-state index contributed by atoms with van der Waals surface area (Å²) in [5.74, 6) is 0.230. The topological polar surface area (TPSA) is 28.1 Å². The summed E-state index contributed by atoms with van der Waals surface area (Å²) in [5, 5.41) is 0. The fraction of sp³-hybridized carbons (Fsp3) is 0.258. The molecule has 4 nitrogen and oxygen atoms in total. The molecule has 2 fully saturated rings. The van der Waals surface area contributed by atoms with Crippen molar-refractivity contribution in [3.8, 4) is 0 Å². The molecule has 0 amide bonds. The van der Waals surface area contributed by atoms with E-state index in [1.54, 1.807) is 0 Å². The van der Waals surface area contributed by atoms with E-state index in [1.807, 2.05) is 0 Å². The maximum absolute atomic E-state index is 7.28. The lowest BCUT2D eigenvalue weighted by Gasteiger charge is -2.35. The van der Waals surface area contributed by atoms with Crippen molar-refractivity contribution >= 4 is 20.4 Å². The fourth-order valence-corrected chi connectivity index (χ4v) is 7.73. The Balaban J connectivity index is 1.39. The van der Waals surface area contributed by atoms with E-state index in [2.05, 4.69) is 131 Å². The van der Waals surface area contributed by atoms with Crippen molar-refractivity contribution in [2.45, 2.75) is 31.0 Å². The summed E-state index contributed by atoms with van der Waals surface area (Å²) in [4.78, 5) is 5.20. The molecule has 0 N–H and O–H groups in total. The Morgan fingerprint density at radius 2 is 1.47 bits per heavy atom. The predicted octanol–water partition coefficient (Wildman–Crippen LogP) is 7.51. The highest BCUT2D eigenvalue weighted by Gasteiger charge is 2.46. The van der Waals surface area contributed by atoms with Gasteiger partial charge in [0.25, 0.3) is 0 Å². The van der Waals surface area contributed by atoms with E-state index in [4.69, 9.17) is 9.52 Å². The van der Waals surface area contributed by atoms with Gasteiger partial charge in [-0.15, -0.1) is 0 Å². The molecule has 1 unspecified atom stereocenters. The Bertz CT molecular complexity index is 1200. The van der Waals surface area contributed by atoms with Gasteiger partial charge < -0.3 is 9.19 Å². The van der Waals surface area contributed by atoms with Crippen LogP contribution in [0.15, 0.2) is 120 Å². The van der Waals surface area contributed by atoms with E-state index in [0.717, 1.165) is 13.1 Å². The quantitative estimate of drug-likeness (QED) is 0.240. The molecule has 3 aromatic rings. The van der Waals surface area contributed by atoms with Crippen molar-refractivity contribution < 1.29 is 4.52 Å². The monoisotopic (exact) mass is 493 g/mol. The van der Waals surface area contributed by atoms with Crippen molar-refractivity contribution in [3.63, 3.8) is 0 Å². The molecular weight excluding hydrogens is 461 g/mol. The SMILES string of the molecule is C1=CC(C=N[C@H](c2ccccc2)[C@@H](OP2N(c3ccccc3)C[C@@H]3CCCN32)c2ccccc2)C=C1. The highest BCUT2D eigenvalue weighted by Crippen LogP contribution is 2.60. The number of aliphatic imine (C=N–C) groups is 1. The number of rotatable bonds is 8. The van der Waals surface area contributed by atoms with Crippen LogP contribution in [0.4, 0.5) is 5.69 Å². The number of benzene rings is 3. The molecule has 2 aliphatic heterocycles. The van der Waals surface area contributed by atoms with E-state index in [1.165, 1.54) is 29.7 Å². The molecule has 3 aliphatic rings. The van der Waals surface area contributed by atoms with Gasteiger partial charge >= 0.3 is 0 Å². The molecule has 0 spiro atoms. The van der Waals surface area contributed by atoms with Crippen LogP contribution in [-0.4, -0.2) is 30.0 Å². The fourth-order valence-electron chi connectivity index (χ4n) is 5.34. The first-order valence-corrected chi connectivity index (χ1v) is 14.1. The number of para-hydroxylation sites is 1. The highest BCUT2D eigenvalue weighted by atomic mass is 31.2. The largest absolute Gasteiger partial charge is 0.316 e. The number of hydrogen-bond donors (Lipinski definition) is 0. The summed E-state index contributed by atoms with van der Waals surface area (Å²) in [6, 6.07) is 32.5. The third-order valence-corrected chi connectivity index (χ3v) is 9.36. The van der Waals surface area contributed by atoms with Crippen molar-refractivity contribution in [1.29, 1.82) is 0 Å². The number of hydrogen-bond acceptors (Lipinski definition) is 4. The van der Waals surface area contributed by atoms with Crippen molar-refractivity contribution in [2.75, 3.05) is 17.8 Å². The van der Waals surface area contributed by atoms with Crippen LogP contribution in [0.1, 0.15) is 36.1 Å². The summed E-state index contributed by atoms with van der Waals surface area (Å²) < 4.78 is 12.4. The summed E-state index contributed by atoms with van der Waals surface area (Å²) in [6.45, 7) is 2.12. The normalized spacial score (nSPS) is 23.5. The molecule has 4 atom stereocenters. The third kappa shape index (κ3) is 4.95. The van der Waals surface area contributed by atoms with Crippen LogP contribution in [0.3, 0.4) is 0 Å². The van der Waals surface area contributed by atoms with Crippen LogP contribution < -0.4 is 4.67 Å². The molecule has 3 aromatic carbocycles. The number of allylic oxidation sites excluding steroid dienone is 4. The third-order valence-electron chi connectivity index (χ3n) is 7.17. The summed E-state index contributed by atoms with van der Waals surface area (Å²) in [6.07, 6.45) is 12.9. The lowest BCUT2D eigenvalue weighted by atomic mass is 9.96. The maximum Gasteiger partial charge on any atom is 0.219 e. The van der Waals surface area contributed by atoms with E-state index >= 15 is 0 Å². The van der Waals surface area contributed by atoms with E-state index in [0.29, 0.717) is 6.04 Å². The molecule has 2 saturated heterocycles. The number of fused-ring (bicyclic) bond motifs is 1. The van der Waals surface area contributed by atoms with Gasteiger partial charge in [0.2, 0.25) is 8.45 Å². The van der Waals surface area contributed by atoms with Gasteiger partial charge in [-0.2, -0.15) is 0 Å². The molecule has 0 saturated carbocycles. The summed E-state index contributed by atoms with van der Waals surface area (Å²) in [7, 11) is -0.967. The van der Waals surface area contributed by atoms with Gasteiger partial charge in [0.15, 0.2) is 0 Å². The Labute approximate surface area is 215 Å². The second kappa shape index (κ2) is 10.9. The molecule has 0 radical (unpaired) electrons. The maximum atomic E-state index is 7.28. The van der Waals surface area contributed by atoms with Gasteiger partial charge in [0.1, 0.15) is 12.1 Å². The lowest BCUT2D eigenvalue weighted by Crippen LogP contribution is -2.22. The van der Waals surface area contributed by atoms with Crippen LogP contribution in [0.2, 0.25) is 0 Å². The average molecular weight is 494 g/mol. The highest BCUT2D eigenvalue weighted by molar-refractivity contribution is 7.52. The molecule has 2 heterocycles. The first kappa shape index (κ1) is 23.4. The van der Waals surface area contributed by atoms with Gasteiger partial charge in [-0.1, -0.05) is 103 Å². The van der Waals surface area contributed by atoms with Gasteiger partial charge in [0, 0.05) is 37.0 Å². The van der Waals surface area contributed by atoms with Crippen LogP contribution in [0, 0.1) is 5.92 Å². The molecule has 6 rings (SSSR count). The molecule has 36 heavy (non-hydrogen) atoms. The molecular formula is C31H32N3OP. The van der Waals surface area contributed by atoms with Crippen molar-refractivity contribution in [1.82, 2.24) is 4.67 Å². The van der Waals surface area contributed by atoms with Crippen LogP contribution in [0.25, 0.3) is 0 Å². The first-order chi connectivity index (χ1) is 17.9. The minimum Gasteiger partial charge on any atom is -0.316 e. The van der Waals surface area contributed by atoms with Gasteiger partial charge in [-0.3, -0.25) is 4.99 Å². The van der Waals surface area contributed by atoms with E-state index in [-0.39, 0.29) is 18.1 Å². The minimum absolute atomic E-state index is 0.141. The van der Waals surface area contributed by atoms with Crippen LogP contribution in [-0.2, 0) is 4.52 Å². The first-order valence-electron chi connectivity index (χ1n) is 12.9. The molecule has 0 aromatic heterocycles. The van der Waals surface area contributed by atoms with Crippen LogP contribution in [0.5, 0.6) is 0 Å². The standard InChI is InChI=1S/C31H32N3OP/c1-4-15-26(16-5-1)30(32-23-25-13-10-11-14-25)31(27-17-6-2-7-18-27)35-36-33-22-12-21-29(33)24-34(36)28-19-8-3-9-20-28/h1-11,13-20,23,25,29-31H,12,21-22,24H2/t29-,30+,31-,36?/m0/s1. The Morgan fingerprint density at radius 3 is 2.17 bits per heavy atom. The van der Waals surface area contributed by atoms with Gasteiger partial charge in [0.05, 0.1) is 0 Å². The molecule has 1 aliphatic carbocycles. The zero-order chi connectivity index (χ0) is 24.2. The molecule has 0 bridgehead atoms. The number of anilines is 1. The lowest BCUT2D eigenvalue weighted by molar-refractivity contribution is 0.182. The van der Waals surface area contributed by atoms with Gasteiger partial charge in [-0.25, -0.2) is 4.67 Å². The van der Waals surface area contributed by atoms with E-state index in [9.17, 15) is 0 Å². The van der Waals surface area contributed by atoms with Gasteiger partial charge in [-0.05, 0) is 36.1 Å².